The van der Waals surface area contributed by atoms with Gasteiger partial charge in [-0.1, -0.05) is 0 Å². The fraction of sp³-hybridized carbons (Fsp3) is 0.889. The minimum Gasteiger partial charge on any atom is -0.467 e. The Labute approximate surface area is 92.9 Å². The van der Waals surface area contributed by atoms with Crippen molar-refractivity contribution in [2.75, 3.05) is 21.3 Å². The van der Waals surface area contributed by atoms with Gasteiger partial charge < -0.3 is 29.2 Å². The van der Waals surface area contributed by atoms with Crippen molar-refractivity contribution in [1.29, 1.82) is 0 Å². The van der Waals surface area contributed by atoms with E-state index in [0.29, 0.717) is 0 Å². The van der Waals surface area contributed by atoms with Crippen molar-refractivity contribution in [2.24, 2.45) is 0 Å². The number of hydrogen-bond acceptors (Lipinski definition) is 7. The summed E-state index contributed by atoms with van der Waals surface area (Å²) in [7, 11) is 3.84. The zero-order chi connectivity index (χ0) is 12.3. The summed E-state index contributed by atoms with van der Waals surface area (Å²) in [6, 6.07) is 0. The number of methoxy groups -OCH3 is 3. The summed E-state index contributed by atoms with van der Waals surface area (Å²) in [6.45, 7) is 0. The predicted molar refractivity (Wildman–Crippen MR) is 50.5 cm³/mol. The molecule has 16 heavy (non-hydrogen) atoms. The molecule has 1 aliphatic heterocycles. The van der Waals surface area contributed by atoms with Crippen LogP contribution in [0.4, 0.5) is 0 Å². The summed E-state index contributed by atoms with van der Waals surface area (Å²) in [5, 5.41) is 19.4. The van der Waals surface area contributed by atoms with Gasteiger partial charge in [0.2, 0.25) is 0 Å². The maximum Gasteiger partial charge on any atom is 0.337 e. The van der Waals surface area contributed by atoms with Gasteiger partial charge in [-0.3, -0.25) is 0 Å². The van der Waals surface area contributed by atoms with E-state index in [1.165, 1.54) is 14.2 Å². The fourth-order valence-corrected chi connectivity index (χ4v) is 1.67. The van der Waals surface area contributed by atoms with E-state index in [-0.39, 0.29) is 0 Å². The smallest absolute Gasteiger partial charge is 0.337 e. The van der Waals surface area contributed by atoms with Gasteiger partial charge in [0.15, 0.2) is 12.4 Å². The molecule has 7 heteroatoms. The van der Waals surface area contributed by atoms with Crippen LogP contribution in [0.15, 0.2) is 0 Å². The molecule has 0 radical (unpaired) electrons. The lowest BCUT2D eigenvalue weighted by Crippen LogP contribution is -2.61. The first kappa shape index (κ1) is 13.3. The first-order valence-electron chi connectivity index (χ1n) is 4.71. The van der Waals surface area contributed by atoms with Crippen LogP contribution in [0.25, 0.3) is 0 Å². The minimum atomic E-state index is -1.36. The first-order valence-corrected chi connectivity index (χ1v) is 4.71. The molecule has 0 aromatic carbocycles. The van der Waals surface area contributed by atoms with Crippen LogP contribution < -0.4 is 0 Å². The highest BCUT2D eigenvalue weighted by molar-refractivity contribution is 5.75. The molecule has 0 amide bonds. The Bertz CT molecular complexity index is 244. The predicted octanol–water partition coefficient (Wildman–Crippen LogP) is -1.73. The van der Waals surface area contributed by atoms with Crippen molar-refractivity contribution in [3.63, 3.8) is 0 Å². The summed E-state index contributed by atoms with van der Waals surface area (Å²) in [5.41, 5.74) is 0. The lowest BCUT2D eigenvalue weighted by molar-refractivity contribution is -0.289. The van der Waals surface area contributed by atoms with Crippen molar-refractivity contribution in [1.82, 2.24) is 0 Å². The monoisotopic (exact) mass is 236 g/mol. The van der Waals surface area contributed by atoms with E-state index in [9.17, 15) is 15.0 Å². The average molecular weight is 236 g/mol. The van der Waals surface area contributed by atoms with E-state index < -0.39 is 36.7 Å². The molecule has 0 spiro atoms. The van der Waals surface area contributed by atoms with Crippen LogP contribution in [-0.4, -0.2) is 68.2 Å². The largest absolute Gasteiger partial charge is 0.467 e. The molecule has 94 valence electrons. The normalized spacial score (nSPS) is 39.4. The van der Waals surface area contributed by atoms with E-state index >= 15 is 0 Å². The van der Waals surface area contributed by atoms with Crippen LogP contribution in [0.2, 0.25) is 0 Å². The van der Waals surface area contributed by atoms with Gasteiger partial charge in [0.1, 0.15) is 18.3 Å². The topological polar surface area (TPSA) is 94.5 Å². The standard InChI is InChI=1S/C9H16O7/c1-13-5-4(10)6(8(11)15-3)16-9(12)7(5)14-2/h4-7,9-10,12H,1-3H3/t4-,5?,6?,7?,9-/m0/s1. The quantitative estimate of drug-likeness (QED) is 0.562. The second-order valence-corrected chi connectivity index (χ2v) is 3.36. The second-order valence-electron chi connectivity index (χ2n) is 3.36. The Balaban J connectivity index is 2.84. The number of carbonyl (C=O) groups is 1. The highest BCUT2D eigenvalue weighted by atomic mass is 16.7. The number of rotatable bonds is 3. The molecule has 0 aromatic rings. The third-order valence-corrected chi connectivity index (χ3v) is 2.52. The highest BCUT2D eigenvalue weighted by Gasteiger charge is 2.48. The number of carbonyl (C=O) groups excluding carboxylic acids is 1. The van der Waals surface area contributed by atoms with Gasteiger partial charge in [-0.15, -0.1) is 0 Å². The Morgan fingerprint density at radius 2 is 1.69 bits per heavy atom. The van der Waals surface area contributed by atoms with Crippen molar-refractivity contribution >= 4 is 5.97 Å². The number of esters is 1. The molecule has 1 aliphatic rings. The van der Waals surface area contributed by atoms with Crippen LogP contribution in [-0.2, 0) is 23.7 Å². The zero-order valence-electron chi connectivity index (χ0n) is 9.32. The van der Waals surface area contributed by atoms with Crippen LogP contribution >= 0.6 is 0 Å². The van der Waals surface area contributed by atoms with Crippen molar-refractivity contribution < 1.29 is 34.0 Å². The molecule has 3 unspecified atom stereocenters. The van der Waals surface area contributed by atoms with E-state index in [0.717, 1.165) is 7.11 Å². The third kappa shape index (κ3) is 2.33. The first-order chi connectivity index (χ1) is 7.56. The van der Waals surface area contributed by atoms with Crippen LogP contribution in [0.3, 0.4) is 0 Å². The molecule has 0 bridgehead atoms. The van der Waals surface area contributed by atoms with E-state index in [1.54, 1.807) is 0 Å². The number of hydrogen-bond donors (Lipinski definition) is 2. The molecular formula is C9H16O7. The zero-order valence-corrected chi connectivity index (χ0v) is 9.32. The summed E-state index contributed by atoms with van der Waals surface area (Å²) >= 11 is 0. The number of aliphatic hydroxyl groups is 2. The molecular weight excluding hydrogens is 220 g/mol. The fourth-order valence-electron chi connectivity index (χ4n) is 1.67. The lowest BCUT2D eigenvalue weighted by Gasteiger charge is -2.40. The van der Waals surface area contributed by atoms with Gasteiger partial charge in [-0.2, -0.15) is 0 Å². The Morgan fingerprint density at radius 1 is 1.12 bits per heavy atom. The lowest BCUT2D eigenvalue weighted by atomic mass is 9.98. The molecule has 5 atom stereocenters. The maximum absolute atomic E-state index is 11.3. The SMILES string of the molecule is COC(=O)C1O[C@H](O)C(OC)C(OC)[C@@H]1O. The molecule has 7 nitrogen and oxygen atoms in total. The van der Waals surface area contributed by atoms with Crippen molar-refractivity contribution in [3.05, 3.63) is 0 Å². The molecule has 1 heterocycles. The summed E-state index contributed by atoms with van der Waals surface area (Å²) in [6.07, 6.45) is -5.62. The molecule has 1 saturated heterocycles. The van der Waals surface area contributed by atoms with Crippen LogP contribution in [0, 0.1) is 0 Å². The maximum atomic E-state index is 11.3. The van der Waals surface area contributed by atoms with Gasteiger partial charge in [-0.05, 0) is 0 Å². The average Bonchev–Trinajstić information content (AvgIpc) is 2.29. The number of ether oxygens (including phenoxy) is 4. The van der Waals surface area contributed by atoms with Crippen molar-refractivity contribution in [3.8, 4) is 0 Å². The van der Waals surface area contributed by atoms with Gasteiger partial charge in [0, 0.05) is 14.2 Å². The Morgan fingerprint density at radius 3 is 2.12 bits per heavy atom. The highest BCUT2D eigenvalue weighted by Crippen LogP contribution is 2.24. The molecule has 2 N–H and O–H groups in total. The second kappa shape index (κ2) is 5.55. The molecule has 0 saturated carbocycles. The summed E-state index contributed by atoms with van der Waals surface area (Å²) in [4.78, 5) is 11.3. The molecule has 1 fully saturated rings. The van der Waals surface area contributed by atoms with Gasteiger partial charge >= 0.3 is 5.97 Å². The van der Waals surface area contributed by atoms with Gasteiger partial charge in [0.05, 0.1) is 7.11 Å². The third-order valence-electron chi connectivity index (χ3n) is 2.52. The van der Waals surface area contributed by atoms with Crippen LogP contribution in [0.5, 0.6) is 0 Å². The van der Waals surface area contributed by atoms with Crippen LogP contribution in [0.1, 0.15) is 0 Å². The Hall–Kier alpha value is -0.730. The summed E-state index contributed by atoms with van der Waals surface area (Å²) in [5.74, 6) is -0.775. The molecule has 0 aliphatic carbocycles. The minimum absolute atomic E-state index is 0.775. The Kier molecular flexibility index (Phi) is 4.63. The summed E-state index contributed by atoms with van der Waals surface area (Å²) < 4.78 is 19.3. The van der Waals surface area contributed by atoms with Gasteiger partial charge in [0.25, 0.3) is 0 Å². The van der Waals surface area contributed by atoms with Crippen molar-refractivity contribution in [2.45, 2.75) is 30.7 Å². The van der Waals surface area contributed by atoms with E-state index in [2.05, 4.69) is 4.74 Å². The number of aliphatic hydroxyl groups excluding tert-OH is 2. The van der Waals surface area contributed by atoms with E-state index in [4.69, 9.17) is 14.2 Å². The van der Waals surface area contributed by atoms with Gasteiger partial charge in [-0.25, -0.2) is 4.79 Å². The van der Waals surface area contributed by atoms with E-state index in [1.807, 2.05) is 0 Å². The molecule has 0 aromatic heterocycles. The molecule has 1 rings (SSSR count).